The molecular formula is C21H23ClN4O3. The molecule has 0 atom stereocenters. The summed E-state index contributed by atoms with van der Waals surface area (Å²) in [6, 6.07) is 11.6. The number of anilines is 2. The maximum Gasteiger partial charge on any atom is 0.270 e. The Balaban J connectivity index is 1.72. The first kappa shape index (κ1) is 20.8. The Kier molecular flexibility index (Phi) is 6.85. The lowest BCUT2D eigenvalue weighted by Gasteiger charge is -2.36. The largest absolute Gasteiger partial charge is 0.367 e. The molecule has 8 heteroatoms. The molecule has 1 saturated heterocycles. The Labute approximate surface area is 174 Å². The topological polar surface area (TPSA) is 78.7 Å². The molecule has 1 amide bonds. The number of benzene rings is 2. The van der Waals surface area contributed by atoms with Crippen LogP contribution in [-0.2, 0) is 4.79 Å². The van der Waals surface area contributed by atoms with E-state index in [9.17, 15) is 14.9 Å². The molecule has 0 spiro atoms. The number of nitro benzene ring substituents is 1. The lowest BCUT2D eigenvalue weighted by atomic mass is 10.2. The normalized spacial score (nSPS) is 14.9. The Bertz CT molecular complexity index is 924. The van der Waals surface area contributed by atoms with Gasteiger partial charge in [-0.05, 0) is 36.4 Å². The van der Waals surface area contributed by atoms with Gasteiger partial charge in [-0.2, -0.15) is 0 Å². The zero-order valence-corrected chi connectivity index (χ0v) is 16.9. The number of hydrogen-bond donors (Lipinski definition) is 1. The van der Waals surface area contributed by atoms with E-state index in [1.807, 2.05) is 12.1 Å². The first-order valence-electron chi connectivity index (χ1n) is 9.46. The third-order valence-corrected chi connectivity index (χ3v) is 5.12. The van der Waals surface area contributed by atoms with Crippen LogP contribution in [0.3, 0.4) is 0 Å². The standard InChI is InChI=1S/C21H23ClN4O3/c1-2-24-10-12-25(13-11-24)20-8-7-17(22)15-19(20)23-21(27)9-6-16-4-3-5-18(14-16)26(28)29/h3-9,14-15H,2,10-13H2,1H3,(H,23,27)/b9-6+. The van der Waals surface area contributed by atoms with Gasteiger partial charge in [0.15, 0.2) is 0 Å². The Morgan fingerprint density at radius 2 is 1.97 bits per heavy atom. The number of rotatable bonds is 6. The predicted octanol–water partition coefficient (Wildman–Crippen LogP) is 4.04. The van der Waals surface area contributed by atoms with Gasteiger partial charge in [-0.3, -0.25) is 14.9 Å². The summed E-state index contributed by atoms with van der Waals surface area (Å²) in [5.41, 5.74) is 2.14. The van der Waals surface area contributed by atoms with Crippen LogP contribution in [0.5, 0.6) is 0 Å². The monoisotopic (exact) mass is 414 g/mol. The summed E-state index contributed by atoms with van der Waals surface area (Å²) in [6.45, 7) is 6.87. The third kappa shape index (κ3) is 5.56. The second-order valence-electron chi connectivity index (χ2n) is 6.76. The lowest BCUT2D eigenvalue weighted by Crippen LogP contribution is -2.46. The number of carbonyl (C=O) groups excluding carboxylic acids is 1. The molecule has 0 saturated carbocycles. The van der Waals surface area contributed by atoms with Crippen LogP contribution in [0.1, 0.15) is 12.5 Å². The molecule has 152 valence electrons. The van der Waals surface area contributed by atoms with Crippen molar-refractivity contribution in [1.29, 1.82) is 0 Å². The highest BCUT2D eigenvalue weighted by atomic mass is 35.5. The van der Waals surface area contributed by atoms with Crippen LogP contribution in [-0.4, -0.2) is 48.5 Å². The van der Waals surface area contributed by atoms with Crippen LogP contribution in [0.25, 0.3) is 6.08 Å². The van der Waals surface area contributed by atoms with E-state index in [0.717, 1.165) is 38.4 Å². The van der Waals surface area contributed by atoms with Gasteiger partial charge in [0.2, 0.25) is 5.91 Å². The SMILES string of the molecule is CCN1CCN(c2ccc(Cl)cc2NC(=O)/C=C/c2cccc([N+](=O)[O-])c2)CC1. The molecule has 1 N–H and O–H groups in total. The first-order chi connectivity index (χ1) is 14.0. The Morgan fingerprint density at radius 1 is 1.21 bits per heavy atom. The molecule has 7 nitrogen and oxygen atoms in total. The number of carbonyl (C=O) groups is 1. The highest BCUT2D eigenvalue weighted by molar-refractivity contribution is 6.31. The van der Waals surface area contributed by atoms with E-state index >= 15 is 0 Å². The van der Waals surface area contributed by atoms with Gasteiger partial charge in [0.25, 0.3) is 5.69 Å². The fourth-order valence-corrected chi connectivity index (χ4v) is 3.45. The highest BCUT2D eigenvalue weighted by Gasteiger charge is 2.19. The summed E-state index contributed by atoms with van der Waals surface area (Å²) in [4.78, 5) is 27.5. The third-order valence-electron chi connectivity index (χ3n) is 4.88. The summed E-state index contributed by atoms with van der Waals surface area (Å²) in [5.74, 6) is -0.327. The van der Waals surface area contributed by atoms with Crippen LogP contribution in [0.4, 0.5) is 17.1 Å². The smallest absolute Gasteiger partial charge is 0.270 e. The molecule has 1 aliphatic rings. The molecule has 29 heavy (non-hydrogen) atoms. The van der Waals surface area contributed by atoms with Crippen molar-refractivity contribution in [2.75, 3.05) is 42.9 Å². The van der Waals surface area contributed by atoms with Gasteiger partial charge in [0, 0.05) is 49.4 Å². The number of likely N-dealkylation sites (N-methyl/N-ethyl adjacent to an activating group) is 1. The first-order valence-corrected chi connectivity index (χ1v) is 9.84. The van der Waals surface area contributed by atoms with Gasteiger partial charge in [0.05, 0.1) is 16.3 Å². The minimum absolute atomic E-state index is 0.0177. The zero-order valence-electron chi connectivity index (χ0n) is 16.2. The summed E-state index contributed by atoms with van der Waals surface area (Å²) >= 11 is 6.14. The van der Waals surface area contributed by atoms with E-state index < -0.39 is 4.92 Å². The number of nitrogens with zero attached hydrogens (tertiary/aromatic N) is 3. The highest BCUT2D eigenvalue weighted by Crippen LogP contribution is 2.30. The van der Waals surface area contributed by atoms with Gasteiger partial charge >= 0.3 is 0 Å². The van der Waals surface area contributed by atoms with Crippen molar-refractivity contribution in [3.05, 3.63) is 69.2 Å². The van der Waals surface area contributed by atoms with E-state index in [1.54, 1.807) is 24.3 Å². The Morgan fingerprint density at radius 3 is 2.66 bits per heavy atom. The molecule has 0 radical (unpaired) electrons. The van der Waals surface area contributed by atoms with Crippen molar-refractivity contribution < 1.29 is 9.72 Å². The molecule has 0 unspecified atom stereocenters. The molecule has 0 aromatic heterocycles. The van der Waals surface area contributed by atoms with Gasteiger partial charge < -0.3 is 15.1 Å². The average Bonchev–Trinajstić information content (AvgIpc) is 2.73. The van der Waals surface area contributed by atoms with Gasteiger partial charge in [-0.15, -0.1) is 0 Å². The molecule has 1 heterocycles. The van der Waals surface area contributed by atoms with E-state index in [4.69, 9.17) is 11.6 Å². The zero-order chi connectivity index (χ0) is 20.8. The van der Waals surface area contributed by atoms with Crippen LogP contribution >= 0.6 is 11.6 Å². The molecule has 2 aromatic carbocycles. The fourth-order valence-electron chi connectivity index (χ4n) is 3.28. The summed E-state index contributed by atoms with van der Waals surface area (Å²) in [5, 5.41) is 14.3. The second-order valence-corrected chi connectivity index (χ2v) is 7.19. The summed E-state index contributed by atoms with van der Waals surface area (Å²) in [6.07, 6.45) is 2.91. The van der Waals surface area contributed by atoms with Crippen molar-refractivity contribution in [2.24, 2.45) is 0 Å². The minimum atomic E-state index is -0.464. The van der Waals surface area contributed by atoms with E-state index in [0.29, 0.717) is 16.3 Å². The van der Waals surface area contributed by atoms with Crippen molar-refractivity contribution in [1.82, 2.24) is 4.90 Å². The molecule has 0 aliphatic carbocycles. The molecule has 1 fully saturated rings. The predicted molar refractivity (Wildman–Crippen MR) is 117 cm³/mol. The van der Waals surface area contributed by atoms with Gasteiger partial charge in [-0.1, -0.05) is 30.7 Å². The Hall–Kier alpha value is -2.90. The number of halogens is 1. The molecule has 1 aliphatic heterocycles. The molecule has 3 rings (SSSR count). The number of nitro groups is 1. The number of nitrogens with one attached hydrogen (secondary N) is 1. The molecular weight excluding hydrogens is 392 g/mol. The van der Waals surface area contributed by atoms with Crippen molar-refractivity contribution in [2.45, 2.75) is 6.92 Å². The average molecular weight is 415 g/mol. The van der Waals surface area contributed by atoms with Crippen LogP contribution in [0.15, 0.2) is 48.5 Å². The van der Waals surface area contributed by atoms with Crippen molar-refractivity contribution in [3.8, 4) is 0 Å². The molecule has 2 aromatic rings. The number of non-ortho nitro benzene ring substituents is 1. The molecule has 0 bridgehead atoms. The maximum atomic E-state index is 12.4. The van der Waals surface area contributed by atoms with Crippen molar-refractivity contribution in [3.63, 3.8) is 0 Å². The van der Waals surface area contributed by atoms with Crippen LogP contribution < -0.4 is 10.2 Å². The quantitative estimate of drug-likeness (QED) is 0.438. The van der Waals surface area contributed by atoms with E-state index in [-0.39, 0.29) is 11.6 Å². The number of hydrogen-bond acceptors (Lipinski definition) is 5. The van der Waals surface area contributed by atoms with Crippen molar-refractivity contribution >= 4 is 40.6 Å². The number of piperazine rings is 1. The van der Waals surface area contributed by atoms with E-state index in [1.165, 1.54) is 18.2 Å². The maximum absolute atomic E-state index is 12.4. The second kappa shape index (κ2) is 9.54. The van der Waals surface area contributed by atoms with Gasteiger partial charge in [0.1, 0.15) is 0 Å². The van der Waals surface area contributed by atoms with Crippen LogP contribution in [0, 0.1) is 10.1 Å². The van der Waals surface area contributed by atoms with Crippen LogP contribution in [0.2, 0.25) is 5.02 Å². The summed E-state index contributed by atoms with van der Waals surface area (Å²) < 4.78 is 0. The minimum Gasteiger partial charge on any atom is -0.367 e. The number of amides is 1. The van der Waals surface area contributed by atoms with Gasteiger partial charge in [-0.25, -0.2) is 0 Å². The summed E-state index contributed by atoms with van der Waals surface area (Å²) in [7, 11) is 0. The lowest BCUT2D eigenvalue weighted by molar-refractivity contribution is -0.384. The fraction of sp³-hybridized carbons (Fsp3) is 0.286. The van der Waals surface area contributed by atoms with E-state index in [2.05, 4.69) is 22.0 Å².